The second-order valence-electron chi connectivity index (χ2n) is 6.21. The van der Waals surface area contributed by atoms with E-state index in [4.69, 9.17) is 11.6 Å². The highest BCUT2D eigenvalue weighted by molar-refractivity contribution is 7.09. The molecule has 0 bridgehead atoms. The highest BCUT2D eigenvalue weighted by Gasteiger charge is 2.24. The van der Waals surface area contributed by atoms with Gasteiger partial charge in [0.15, 0.2) is 0 Å². The minimum absolute atomic E-state index is 0.154. The molecule has 1 aliphatic carbocycles. The number of hydrogen-bond donors (Lipinski definition) is 1. The van der Waals surface area contributed by atoms with Crippen LogP contribution in [0.3, 0.4) is 0 Å². The van der Waals surface area contributed by atoms with Crippen molar-refractivity contribution < 1.29 is 0 Å². The lowest BCUT2D eigenvalue weighted by Gasteiger charge is -2.15. The molecule has 1 saturated carbocycles. The van der Waals surface area contributed by atoms with Gasteiger partial charge in [-0.2, -0.15) is 0 Å². The van der Waals surface area contributed by atoms with Crippen LogP contribution in [0.2, 0.25) is 0 Å². The van der Waals surface area contributed by atoms with Crippen LogP contribution in [0.4, 0.5) is 0 Å². The Morgan fingerprint density at radius 2 is 2.22 bits per heavy atom. The Balaban J connectivity index is 1.78. The molecule has 1 fully saturated rings. The maximum Gasteiger partial charge on any atom is 0.107 e. The number of alkyl halides is 1. The summed E-state index contributed by atoms with van der Waals surface area (Å²) in [5.74, 6) is 0.647. The van der Waals surface area contributed by atoms with Crippen molar-refractivity contribution in [2.45, 2.75) is 57.4 Å². The van der Waals surface area contributed by atoms with Crippen LogP contribution in [0.15, 0.2) is 5.38 Å². The average molecular weight is 287 g/mol. The summed E-state index contributed by atoms with van der Waals surface area (Å²) in [5, 5.41) is 7.24. The van der Waals surface area contributed by atoms with E-state index in [0.29, 0.717) is 11.3 Å². The molecule has 1 heterocycles. The lowest BCUT2D eigenvalue weighted by atomic mass is 9.93. The zero-order valence-electron chi connectivity index (χ0n) is 11.5. The third kappa shape index (κ3) is 3.69. The third-order valence-corrected chi connectivity index (χ3v) is 4.99. The summed E-state index contributed by atoms with van der Waals surface area (Å²) < 4.78 is 0. The summed E-state index contributed by atoms with van der Waals surface area (Å²) in [6.07, 6.45) is 3.73. The molecule has 0 aliphatic heterocycles. The molecule has 18 heavy (non-hydrogen) atoms. The van der Waals surface area contributed by atoms with Gasteiger partial charge in [0.1, 0.15) is 5.01 Å². The summed E-state index contributed by atoms with van der Waals surface area (Å²) in [6.45, 7) is 8.51. The topological polar surface area (TPSA) is 24.9 Å². The number of aromatic nitrogens is 1. The first kappa shape index (κ1) is 14.3. The summed E-state index contributed by atoms with van der Waals surface area (Å²) in [4.78, 5) is 4.69. The van der Waals surface area contributed by atoms with E-state index in [0.717, 1.165) is 13.1 Å². The molecular weight excluding hydrogens is 264 g/mol. The molecular formula is C14H23ClN2S. The summed E-state index contributed by atoms with van der Waals surface area (Å²) in [5.41, 5.74) is 1.35. The van der Waals surface area contributed by atoms with Crippen LogP contribution in [0.1, 0.15) is 50.7 Å². The number of rotatable bonds is 4. The largest absolute Gasteiger partial charge is 0.310 e. The molecule has 2 atom stereocenters. The number of hydrogen-bond acceptors (Lipinski definition) is 3. The molecule has 0 spiro atoms. The van der Waals surface area contributed by atoms with E-state index in [1.54, 1.807) is 11.3 Å². The molecule has 1 aromatic heterocycles. The lowest BCUT2D eigenvalue weighted by molar-refractivity contribution is 0.492. The van der Waals surface area contributed by atoms with E-state index in [1.807, 2.05) is 0 Å². The Kier molecular flexibility index (Phi) is 4.68. The fourth-order valence-corrected chi connectivity index (χ4v) is 3.68. The van der Waals surface area contributed by atoms with Crippen LogP contribution in [0.25, 0.3) is 0 Å². The maximum atomic E-state index is 6.27. The second-order valence-corrected chi connectivity index (χ2v) is 7.72. The first-order chi connectivity index (χ1) is 8.47. The molecule has 0 saturated heterocycles. The minimum Gasteiger partial charge on any atom is -0.310 e. The number of nitrogens with one attached hydrogen (secondary N) is 1. The first-order valence-electron chi connectivity index (χ1n) is 6.76. The van der Waals surface area contributed by atoms with E-state index in [-0.39, 0.29) is 5.41 Å². The van der Waals surface area contributed by atoms with Gasteiger partial charge in [-0.15, -0.1) is 22.9 Å². The van der Waals surface area contributed by atoms with Gasteiger partial charge in [0.2, 0.25) is 0 Å². The van der Waals surface area contributed by atoms with E-state index < -0.39 is 0 Å². The maximum absolute atomic E-state index is 6.27. The minimum atomic E-state index is 0.154. The van der Waals surface area contributed by atoms with E-state index in [9.17, 15) is 0 Å². The van der Waals surface area contributed by atoms with Crippen molar-refractivity contribution in [2.24, 2.45) is 5.92 Å². The Bertz CT molecular complexity index is 383. The smallest absolute Gasteiger partial charge is 0.107 e. The zero-order chi connectivity index (χ0) is 13.2. The Morgan fingerprint density at radius 1 is 1.44 bits per heavy atom. The zero-order valence-corrected chi connectivity index (χ0v) is 13.1. The number of nitrogens with zero attached hydrogens (tertiary/aromatic N) is 1. The molecule has 1 aromatic rings. The molecule has 2 nitrogen and oxygen atoms in total. The van der Waals surface area contributed by atoms with Gasteiger partial charge in [0.25, 0.3) is 0 Å². The number of thiazole rings is 1. The van der Waals surface area contributed by atoms with Gasteiger partial charge in [0.05, 0.1) is 5.69 Å². The predicted octanol–water partition coefficient (Wildman–Crippen LogP) is 3.94. The molecule has 1 aliphatic rings. The molecule has 2 unspecified atom stereocenters. The first-order valence-corrected chi connectivity index (χ1v) is 8.08. The molecule has 102 valence electrons. The SMILES string of the molecule is CC(C)(C)c1csc(CNCC2CCCC2Cl)n1. The standard InChI is InChI=1S/C14H23ClN2S/c1-14(2,3)12-9-18-13(17-12)8-16-7-10-5-4-6-11(10)15/h9-11,16H,4-8H2,1-3H3. The summed E-state index contributed by atoms with van der Waals surface area (Å²) >= 11 is 8.02. The molecule has 4 heteroatoms. The van der Waals surface area contributed by atoms with Gasteiger partial charge in [-0.3, -0.25) is 0 Å². The number of halogens is 1. The third-order valence-electron chi connectivity index (χ3n) is 3.57. The van der Waals surface area contributed by atoms with Crippen LogP contribution < -0.4 is 5.32 Å². The van der Waals surface area contributed by atoms with Crippen molar-refractivity contribution in [2.75, 3.05) is 6.54 Å². The quantitative estimate of drug-likeness (QED) is 0.848. The fourth-order valence-electron chi connectivity index (χ4n) is 2.32. The normalized spacial score (nSPS) is 24.7. The van der Waals surface area contributed by atoms with Crippen molar-refractivity contribution in [3.05, 3.63) is 16.1 Å². The molecule has 0 radical (unpaired) electrons. The van der Waals surface area contributed by atoms with Crippen LogP contribution >= 0.6 is 22.9 Å². The Morgan fingerprint density at radius 3 is 2.78 bits per heavy atom. The van der Waals surface area contributed by atoms with E-state index in [2.05, 4.69) is 36.5 Å². The van der Waals surface area contributed by atoms with Crippen LogP contribution in [-0.4, -0.2) is 16.9 Å². The van der Waals surface area contributed by atoms with E-state index >= 15 is 0 Å². The van der Waals surface area contributed by atoms with Gasteiger partial charge in [-0.1, -0.05) is 27.2 Å². The van der Waals surface area contributed by atoms with Crippen LogP contribution in [0.5, 0.6) is 0 Å². The van der Waals surface area contributed by atoms with Gasteiger partial charge in [-0.05, 0) is 25.3 Å². The predicted molar refractivity (Wildman–Crippen MR) is 79.5 cm³/mol. The highest BCUT2D eigenvalue weighted by Crippen LogP contribution is 2.29. The van der Waals surface area contributed by atoms with Crippen molar-refractivity contribution in [1.29, 1.82) is 0 Å². The summed E-state index contributed by atoms with van der Waals surface area (Å²) in [7, 11) is 0. The van der Waals surface area contributed by atoms with E-state index in [1.165, 1.54) is 30.0 Å². The molecule has 0 aromatic carbocycles. The van der Waals surface area contributed by atoms with Crippen molar-refractivity contribution in [3.63, 3.8) is 0 Å². The van der Waals surface area contributed by atoms with Crippen molar-refractivity contribution in [3.8, 4) is 0 Å². The molecule has 2 rings (SSSR count). The van der Waals surface area contributed by atoms with Gasteiger partial charge < -0.3 is 5.32 Å². The van der Waals surface area contributed by atoms with Crippen LogP contribution in [0, 0.1) is 5.92 Å². The highest BCUT2D eigenvalue weighted by atomic mass is 35.5. The molecule has 0 amide bonds. The summed E-state index contributed by atoms with van der Waals surface area (Å²) in [6, 6.07) is 0. The average Bonchev–Trinajstić information content (AvgIpc) is 2.88. The lowest BCUT2D eigenvalue weighted by Crippen LogP contribution is -2.25. The van der Waals surface area contributed by atoms with Gasteiger partial charge >= 0.3 is 0 Å². The Hall–Kier alpha value is -0.120. The fraction of sp³-hybridized carbons (Fsp3) is 0.786. The second kappa shape index (κ2) is 5.89. The molecule has 1 N–H and O–H groups in total. The Labute approximate surface area is 119 Å². The van der Waals surface area contributed by atoms with Crippen molar-refractivity contribution in [1.82, 2.24) is 10.3 Å². The van der Waals surface area contributed by atoms with Gasteiger partial charge in [-0.25, -0.2) is 4.98 Å². The van der Waals surface area contributed by atoms with Crippen molar-refractivity contribution >= 4 is 22.9 Å². The van der Waals surface area contributed by atoms with Gasteiger partial charge in [0, 0.05) is 22.7 Å². The monoisotopic (exact) mass is 286 g/mol. The van der Waals surface area contributed by atoms with Crippen LogP contribution in [-0.2, 0) is 12.0 Å².